The third-order valence-corrected chi connectivity index (χ3v) is 5.66. The van der Waals surface area contributed by atoms with Crippen molar-refractivity contribution in [3.8, 4) is 11.5 Å². The van der Waals surface area contributed by atoms with E-state index in [0.717, 1.165) is 5.56 Å². The van der Waals surface area contributed by atoms with Gasteiger partial charge in [0.1, 0.15) is 17.5 Å². The van der Waals surface area contributed by atoms with Crippen LogP contribution in [0.1, 0.15) is 35.7 Å². The van der Waals surface area contributed by atoms with Gasteiger partial charge in [0.2, 0.25) is 11.8 Å². The molecule has 1 aliphatic rings. The van der Waals surface area contributed by atoms with Crippen molar-refractivity contribution < 1.29 is 23.9 Å². The van der Waals surface area contributed by atoms with E-state index in [4.69, 9.17) is 9.47 Å². The first-order valence-electron chi connectivity index (χ1n) is 10.9. The molecule has 3 rings (SSSR count). The number of likely N-dealkylation sites (tertiary alicyclic amines) is 1. The van der Waals surface area contributed by atoms with E-state index in [2.05, 4.69) is 15.6 Å². The van der Waals surface area contributed by atoms with E-state index in [1.54, 1.807) is 61.8 Å². The van der Waals surface area contributed by atoms with Gasteiger partial charge in [0, 0.05) is 56.0 Å². The Bertz CT molecular complexity index is 974. The maximum Gasteiger partial charge on any atom is 0.253 e. The van der Waals surface area contributed by atoms with Gasteiger partial charge in [-0.05, 0) is 43.2 Å². The number of carbonyl (C=O) groups is 3. The summed E-state index contributed by atoms with van der Waals surface area (Å²) in [4.78, 5) is 43.2. The Labute approximate surface area is 193 Å². The second kappa shape index (κ2) is 11.3. The Hall–Kier alpha value is -3.62. The maximum absolute atomic E-state index is 13.1. The number of rotatable bonds is 8. The van der Waals surface area contributed by atoms with Gasteiger partial charge in [-0.3, -0.25) is 19.4 Å². The predicted octanol–water partition coefficient (Wildman–Crippen LogP) is 1.57. The van der Waals surface area contributed by atoms with Crippen molar-refractivity contribution in [2.24, 2.45) is 0 Å². The molecule has 2 N–H and O–H groups in total. The molecule has 9 nitrogen and oxygen atoms in total. The third kappa shape index (κ3) is 6.44. The lowest BCUT2D eigenvalue weighted by molar-refractivity contribution is -0.128. The summed E-state index contributed by atoms with van der Waals surface area (Å²) in [6, 6.07) is 7.89. The van der Waals surface area contributed by atoms with Crippen molar-refractivity contribution in [2.45, 2.75) is 38.3 Å². The lowest BCUT2D eigenvalue weighted by Crippen LogP contribution is -2.53. The quantitative estimate of drug-likeness (QED) is 0.627. The molecule has 3 amide bonds. The summed E-state index contributed by atoms with van der Waals surface area (Å²) in [5, 5.41) is 5.77. The summed E-state index contributed by atoms with van der Waals surface area (Å²) in [6.45, 7) is 2.47. The molecule has 1 aromatic heterocycles. The van der Waals surface area contributed by atoms with Gasteiger partial charge in [0.25, 0.3) is 5.91 Å². The average Bonchev–Trinajstić information content (AvgIpc) is 2.83. The standard InChI is InChI=1S/C24H30N4O5/c1-16(29)26-21(15-18-14-20(32-2)4-5-22(18)33-3)23(30)27-19-8-12-28(13-9-19)24(31)17-6-10-25-11-7-17/h4-7,10-11,14,19,21H,8-9,12-13,15H2,1-3H3,(H,26,29)(H,27,30). The summed E-state index contributed by atoms with van der Waals surface area (Å²) in [5.74, 6) is 0.646. The van der Waals surface area contributed by atoms with Crippen LogP contribution in [0.4, 0.5) is 0 Å². The minimum atomic E-state index is -0.764. The molecule has 0 radical (unpaired) electrons. The molecule has 9 heteroatoms. The molecule has 1 unspecified atom stereocenters. The highest BCUT2D eigenvalue weighted by Gasteiger charge is 2.28. The molecule has 1 aromatic carbocycles. The molecule has 1 atom stereocenters. The Morgan fingerprint density at radius 2 is 1.79 bits per heavy atom. The molecule has 0 spiro atoms. The van der Waals surface area contributed by atoms with Crippen molar-refractivity contribution in [1.82, 2.24) is 20.5 Å². The minimum Gasteiger partial charge on any atom is -0.497 e. The van der Waals surface area contributed by atoms with Gasteiger partial charge in [0.05, 0.1) is 14.2 Å². The van der Waals surface area contributed by atoms with Crippen molar-refractivity contribution in [2.75, 3.05) is 27.3 Å². The molecule has 1 aliphatic heterocycles. The minimum absolute atomic E-state index is 0.0385. The third-order valence-electron chi connectivity index (χ3n) is 5.66. The monoisotopic (exact) mass is 454 g/mol. The molecule has 1 fully saturated rings. The summed E-state index contributed by atoms with van der Waals surface area (Å²) < 4.78 is 10.7. The fourth-order valence-corrected chi connectivity index (χ4v) is 3.92. The van der Waals surface area contributed by atoms with Gasteiger partial charge in [-0.15, -0.1) is 0 Å². The highest BCUT2D eigenvalue weighted by molar-refractivity contribution is 5.94. The van der Waals surface area contributed by atoms with Crippen LogP contribution in [0.15, 0.2) is 42.7 Å². The van der Waals surface area contributed by atoms with E-state index in [1.165, 1.54) is 6.92 Å². The van der Waals surface area contributed by atoms with Crippen LogP contribution in [-0.4, -0.2) is 67.0 Å². The van der Waals surface area contributed by atoms with Crippen molar-refractivity contribution in [3.63, 3.8) is 0 Å². The van der Waals surface area contributed by atoms with Gasteiger partial charge in [-0.25, -0.2) is 0 Å². The first-order valence-corrected chi connectivity index (χ1v) is 10.9. The SMILES string of the molecule is COc1ccc(OC)c(CC(NC(C)=O)C(=O)NC2CCN(C(=O)c3ccncc3)CC2)c1. The van der Waals surface area contributed by atoms with Crippen molar-refractivity contribution in [1.29, 1.82) is 0 Å². The summed E-state index contributed by atoms with van der Waals surface area (Å²) in [7, 11) is 3.12. The number of pyridine rings is 1. The van der Waals surface area contributed by atoms with Gasteiger partial charge in [0.15, 0.2) is 0 Å². The van der Waals surface area contributed by atoms with E-state index < -0.39 is 6.04 Å². The number of aromatic nitrogens is 1. The van der Waals surface area contributed by atoms with Gasteiger partial charge in [-0.2, -0.15) is 0 Å². The molecule has 33 heavy (non-hydrogen) atoms. The van der Waals surface area contributed by atoms with E-state index in [0.29, 0.717) is 43.0 Å². The molecule has 1 saturated heterocycles. The van der Waals surface area contributed by atoms with Gasteiger partial charge in [-0.1, -0.05) is 0 Å². The van der Waals surface area contributed by atoms with Crippen LogP contribution >= 0.6 is 0 Å². The van der Waals surface area contributed by atoms with E-state index >= 15 is 0 Å². The molecule has 2 heterocycles. The van der Waals surface area contributed by atoms with Crippen LogP contribution in [0.2, 0.25) is 0 Å². The topological polar surface area (TPSA) is 110 Å². The number of carbonyl (C=O) groups excluding carboxylic acids is 3. The summed E-state index contributed by atoms with van der Waals surface area (Å²) >= 11 is 0. The molecule has 0 aliphatic carbocycles. The van der Waals surface area contributed by atoms with Crippen molar-refractivity contribution in [3.05, 3.63) is 53.9 Å². The molecular weight excluding hydrogens is 424 g/mol. The van der Waals surface area contributed by atoms with Crippen LogP contribution in [0.25, 0.3) is 0 Å². The molecule has 0 bridgehead atoms. The maximum atomic E-state index is 13.1. The normalized spacial score (nSPS) is 14.8. The Morgan fingerprint density at radius 1 is 1.09 bits per heavy atom. The van der Waals surface area contributed by atoms with E-state index in [1.807, 2.05) is 0 Å². The first-order chi connectivity index (χ1) is 15.9. The Balaban J connectivity index is 1.62. The first kappa shape index (κ1) is 24.0. The van der Waals surface area contributed by atoms with E-state index in [9.17, 15) is 14.4 Å². The zero-order valence-electron chi connectivity index (χ0n) is 19.2. The summed E-state index contributed by atoms with van der Waals surface area (Å²) in [6.07, 6.45) is 4.72. The van der Waals surface area contributed by atoms with Crippen LogP contribution in [0.3, 0.4) is 0 Å². The van der Waals surface area contributed by atoms with Gasteiger partial charge >= 0.3 is 0 Å². The number of ether oxygens (including phenoxy) is 2. The molecule has 2 aromatic rings. The number of amides is 3. The second-order valence-electron chi connectivity index (χ2n) is 7.95. The Kier molecular flexibility index (Phi) is 8.23. The number of nitrogens with zero attached hydrogens (tertiary/aromatic N) is 2. The fraction of sp³-hybridized carbons (Fsp3) is 0.417. The van der Waals surface area contributed by atoms with Gasteiger partial charge < -0.3 is 25.0 Å². The highest BCUT2D eigenvalue weighted by Crippen LogP contribution is 2.25. The van der Waals surface area contributed by atoms with Crippen LogP contribution in [0, 0.1) is 0 Å². The number of hydrogen-bond acceptors (Lipinski definition) is 6. The highest BCUT2D eigenvalue weighted by atomic mass is 16.5. The van der Waals surface area contributed by atoms with E-state index in [-0.39, 0.29) is 30.2 Å². The molecular formula is C24H30N4O5. The summed E-state index contributed by atoms with van der Waals surface area (Å²) in [5.41, 5.74) is 1.36. The van der Waals surface area contributed by atoms with Crippen molar-refractivity contribution >= 4 is 17.7 Å². The number of hydrogen-bond donors (Lipinski definition) is 2. The Morgan fingerprint density at radius 3 is 2.39 bits per heavy atom. The fourth-order valence-electron chi connectivity index (χ4n) is 3.92. The zero-order valence-corrected chi connectivity index (χ0v) is 19.2. The largest absolute Gasteiger partial charge is 0.497 e. The van der Waals surface area contributed by atoms with Crippen LogP contribution in [0.5, 0.6) is 11.5 Å². The zero-order chi connectivity index (χ0) is 23.8. The number of piperidine rings is 1. The van der Waals surface area contributed by atoms with Crippen LogP contribution < -0.4 is 20.1 Å². The molecule has 0 saturated carbocycles. The number of benzene rings is 1. The van der Waals surface area contributed by atoms with Crippen LogP contribution in [-0.2, 0) is 16.0 Å². The lowest BCUT2D eigenvalue weighted by atomic mass is 10.0. The molecule has 176 valence electrons. The number of nitrogens with one attached hydrogen (secondary N) is 2. The number of methoxy groups -OCH3 is 2. The predicted molar refractivity (Wildman–Crippen MR) is 122 cm³/mol. The lowest BCUT2D eigenvalue weighted by Gasteiger charge is -2.33. The average molecular weight is 455 g/mol. The smallest absolute Gasteiger partial charge is 0.253 e. The second-order valence-corrected chi connectivity index (χ2v) is 7.95.